The van der Waals surface area contributed by atoms with Gasteiger partial charge in [0, 0.05) is 12.5 Å². The van der Waals surface area contributed by atoms with E-state index in [9.17, 15) is 22.7 Å². The third-order valence-corrected chi connectivity index (χ3v) is 2.90. The maximum absolute atomic E-state index is 13.5. The van der Waals surface area contributed by atoms with Crippen molar-refractivity contribution in [1.82, 2.24) is 0 Å². The fourth-order valence-electron chi connectivity index (χ4n) is 1.91. The van der Waals surface area contributed by atoms with Crippen molar-refractivity contribution in [2.75, 3.05) is 0 Å². The molecule has 112 valence electrons. The van der Waals surface area contributed by atoms with Crippen LogP contribution in [-0.4, -0.2) is 11.7 Å². The summed E-state index contributed by atoms with van der Waals surface area (Å²) >= 11 is 0. The summed E-state index contributed by atoms with van der Waals surface area (Å²) in [5, 5.41) is 10.0. The number of halogens is 4. The zero-order valence-electron chi connectivity index (χ0n) is 10.8. The first-order valence-electron chi connectivity index (χ1n) is 6.12. The largest absolute Gasteiger partial charge is 0.435 e. The molecule has 6 heteroatoms. The van der Waals surface area contributed by atoms with Crippen LogP contribution in [0.3, 0.4) is 0 Å². The Morgan fingerprint density at radius 2 is 1.81 bits per heavy atom. The van der Waals surface area contributed by atoms with Gasteiger partial charge in [0.1, 0.15) is 17.4 Å². The van der Waals surface area contributed by atoms with Gasteiger partial charge in [-0.05, 0) is 29.3 Å². The van der Waals surface area contributed by atoms with Crippen molar-refractivity contribution < 1.29 is 27.4 Å². The Morgan fingerprint density at radius 1 is 1.05 bits per heavy atom. The van der Waals surface area contributed by atoms with Crippen molar-refractivity contribution in [1.29, 1.82) is 0 Å². The average Bonchev–Trinajstić information content (AvgIpc) is 2.41. The topological polar surface area (TPSA) is 29.5 Å². The molecule has 0 aliphatic rings. The van der Waals surface area contributed by atoms with Crippen molar-refractivity contribution in [2.45, 2.75) is 19.1 Å². The highest BCUT2D eigenvalue weighted by Crippen LogP contribution is 2.24. The molecule has 0 spiro atoms. The molecule has 0 heterocycles. The van der Waals surface area contributed by atoms with Crippen LogP contribution in [0, 0.1) is 11.6 Å². The van der Waals surface area contributed by atoms with Crippen LogP contribution in [0.5, 0.6) is 5.75 Å². The van der Waals surface area contributed by atoms with Gasteiger partial charge in [-0.1, -0.05) is 18.2 Å². The second-order valence-electron chi connectivity index (χ2n) is 4.41. The molecule has 2 aromatic carbocycles. The van der Waals surface area contributed by atoms with Gasteiger partial charge in [0.05, 0.1) is 6.10 Å². The lowest BCUT2D eigenvalue weighted by Gasteiger charge is -2.13. The molecular weight excluding hydrogens is 288 g/mol. The summed E-state index contributed by atoms with van der Waals surface area (Å²) in [7, 11) is 0. The van der Waals surface area contributed by atoms with E-state index in [0.717, 1.165) is 12.1 Å². The van der Waals surface area contributed by atoms with Crippen LogP contribution in [0.2, 0.25) is 0 Å². The van der Waals surface area contributed by atoms with E-state index in [-0.39, 0.29) is 17.7 Å². The smallest absolute Gasteiger partial charge is 0.387 e. The number of benzene rings is 2. The van der Waals surface area contributed by atoms with Crippen molar-refractivity contribution in [3.63, 3.8) is 0 Å². The first kappa shape index (κ1) is 15.3. The molecule has 1 N–H and O–H groups in total. The second-order valence-corrected chi connectivity index (χ2v) is 4.41. The van der Waals surface area contributed by atoms with E-state index in [1.807, 2.05) is 0 Å². The maximum atomic E-state index is 13.5. The van der Waals surface area contributed by atoms with E-state index in [0.29, 0.717) is 5.56 Å². The van der Waals surface area contributed by atoms with Gasteiger partial charge in [-0.15, -0.1) is 0 Å². The Balaban J connectivity index is 2.14. The molecule has 0 aliphatic heterocycles. The van der Waals surface area contributed by atoms with E-state index in [1.54, 1.807) is 0 Å². The van der Waals surface area contributed by atoms with Crippen molar-refractivity contribution >= 4 is 0 Å². The number of aliphatic hydroxyl groups is 1. The Hall–Kier alpha value is -2.08. The normalized spacial score (nSPS) is 12.5. The van der Waals surface area contributed by atoms with Gasteiger partial charge in [0.25, 0.3) is 0 Å². The first-order valence-corrected chi connectivity index (χ1v) is 6.12. The Labute approximate surface area is 118 Å². The van der Waals surface area contributed by atoms with Crippen LogP contribution in [-0.2, 0) is 6.42 Å². The van der Waals surface area contributed by atoms with Crippen LogP contribution in [0.4, 0.5) is 17.6 Å². The summed E-state index contributed by atoms with van der Waals surface area (Å²) in [6.07, 6.45) is -1.23. The summed E-state index contributed by atoms with van der Waals surface area (Å²) in [5.74, 6) is -1.58. The van der Waals surface area contributed by atoms with Crippen LogP contribution < -0.4 is 4.74 Å². The fraction of sp³-hybridized carbons (Fsp3) is 0.200. The van der Waals surface area contributed by atoms with Gasteiger partial charge >= 0.3 is 6.61 Å². The number of aliphatic hydroxyl groups excluding tert-OH is 1. The van der Waals surface area contributed by atoms with E-state index in [1.165, 1.54) is 30.3 Å². The highest BCUT2D eigenvalue weighted by molar-refractivity contribution is 5.31. The lowest BCUT2D eigenvalue weighted by atomic mass is 10.0. The van der Waals surface area contributed by atoms with Crippen LogP contribution in [0.25, 0.3) is 0 Å². The summed E-state index contributed by atoms with van der Waals surface area (Å²) in [6, 6.07) is 8.55. The molecule has 0 aromatic heterocycles. The average molecular weight is 300 g/mol. The maximum Gasteiger partial charge on any atom is 0.387 e. The highest BCUT2D eigenvalue weighted by atomic mass is 19.3. The van der Waals surface area contributed by atoms with Gasteiger partial charge in [-0.3, -0.25) is 0 Å². The fourth-order valence-corrected chi connectivity index (χ4v) is 1.91. The molecule has 0 radical (unpaired) electrons. The molecule has 0 bridgehead atoms. The number of hydrogen-bond acceptors (Lipinski definition) is 2. The predicted octanol–water partition coefficient (Wildman–Crippen LogP) is 3.84. The Kier molecular flexibility index (Phi) is 4.80. The van der Waals surface area contributed by atoms with E-state index in [4.69, 9.17) is 0 Å². The molecule has 0 saturated heterocycles. The summed E-state index contributed by atoms with van der Waals surface area (Å²) < 4.78 is 54.8. The number of hydrogen-bond donors (Lipinski definition) is 1. The standard InChI is InChI=1S/C15H12F4O2/c16-11-5-4-9(13(17)8-11)7-14(20)10-2-1-3-12(6-10)21-15(18)19/h1-6,8,14-15,20H,7H2. The first-order chi connectivity index (χ1) is 9.95. The van der Waals surface area contributed by atoms with Gasteiger partial charge in [0.2, 0.25) is 0 Å². The summed E-state index contributed by atoms with van der Waals surface area (Å²) in [6.45, 7) is -2.97. The molecule has 2 rings (SSSR count). The molecule has 21 heavy (non-hydrogen) atoms. The van der Waals surface area contributed by atoms with Gasteiger partial charge in [0.15, 0.2) is 0 Å². The minimum atomic E-state index is -2.97. The van der Waals surface area contributed by atoms with Crippen molar-refractivity contribution in [3.8, 4) is 5.75 Å². The van der Waals surface area contributed by atoms with E-state index >= 15 is 0 Å². The Morgan fingerprint density at radius 3 is 2.48 bits per heavy atom. The number of ether oxygens (including phenoxy) is 1. The number of alkyl halides is 2. The Bertz CT molecular complexity index is 616. The molecule has 0 saturated carbocycles. The van der Waals surface area contributed by atoms with Gasteiger partial charge in [-0.2, -0.15) is 8.78 Å². The summed E-state index contributed by atoms with van der Waals surface area (Å²) in [4.78, 5) is 0. The second kappa shape index (κ2) is 6.58. The molecule has 1 atom stereocenters. The molecule has 0 aliphatic carbocycles. The minimum Gasteiger partial charge on any atom is -0.435 e. The van der Waals surface area contributed by atoms with Gasteiger partial charge in [-0.25, -0.2) is 8.78 Å². The summed E-state index contributed by atoms with van der Waals surface area (Å²) in [5.41, 5.74) is 0.431. The van der Waals surface area contributed by atoms with E-state index in [2.05, 4.69) is 4.74 Å². The lowest BCUT2D eigenvalue weighted by molar-refractivity contribution is -0.0499. The zero-order chi connectivity index (χ0) is 15.4. The highest BCUT2D eigenvalue weighted by Gasteiger charge is 2.14. The molecule has 0 fully saturated rings. The SMILES string of the molecule is OC(Cc1ccc(F)cc1F)c1cccc(OC(F)F)c1. The molecule has 2 nitrogen and oxygen atoms in total. The van der Waals surface area contributed by atoms with Crippen LogP contribution in [0.1, 0.15) is 17.2 Å². The third-order valence-electron chi connectivity index (χ3n) is 2.90. The number of rotatable bonds is 5. The van der Waals surface area contributed by atoms with Crippen LogP contribution in [0.15, 0.2) is 42.5 Å². The van der Waals surface area contributed by atoms with E-state index < -0.39 is 24.3 Å². The monoisotopic (exact) mass is 300 g/mol. The third kappa shape index (κ3) is 4.19. The molecule has 2 aromatic rings. The lowest BCUT2D eigenvalue weighted by Crippen LogP contribution is -2.06. The minimum absolute atomic E-state index is 0.0962. The van der Waals surface area contributed by atoms with Crippen LogP contribution >= 0.6 is 0 Å². The van der Waals surface area contributed by atoms with Crippen molar-refractivity contribution in [3.05, 3.63) is 65.2 Å². The molecular formula is C15H12F4O2. The predicted molar refractivity (Wildman–Crippen MR) is 68.1 cm³/mol. The van der Waals surface area contributed by atoms with Gasteiger partial charge < -0.3 is 9.84 Å². The zero-order valence-corrected chi connectivity index (χ0v) is 10.8. The molecule has 0 amide bonds. The molecule has 1 unspecified atom stereocenters. The van der Waals surface area contributed by atoms with Crippen molar-refractivity contribution in [2.24, 2.45) is 0 Å². The quantitative estimate of drug-likeness (QED) is 0.850.